The fraction of sp³-hybridized carbons (Fsp3) is 0.571. The van der Waals surface area contributed by atoms with E-state index in [4.69, 9.17) is 0 Å². The van der Waals surface area contributed by atoms with Crippen LogP contribution in [0.15, 0.2) is 11.6 Å². The molecule has 2 aromatic rings. The van der Waals surface area contributed by atoms with Crippen molar-refractivity contribution in [3.05, 3.63) is 33.8 Å². The monoisotopic (exact) mass is 278 g/mol. The average molecular weight is 278 g/mol. The Hall–Kier alpha value is -1.20. The highest BCUT2D eigenvalue weighted by molar-refractivity contribution is 7.09. The number of aromatic nitrogens is 3. The Balaban J connectivity index is 2.05. The lowest BCUT2D eigenvalue weighted by Crippen LogP contribution is -2.21. The Bertz CT molecular complexity index is 527. The number of thiazole rings is 1. The second-order valence-corrected chi connectivity index (χ2v) is 6.23. The highest BCUT2D eigenvalue weighted by atomic mass is 32.1. The van der Waals surface area contributed by atoms with Crippen molar-refractivity contribution in [3.8, 4) is 0 Å². The molecule has 0 aliphatic carbocycles. The minimum absolute atomic E-state index is 0.666. The third kappa shape index (κ3) is 3.88. The molecule has 0 aliphatic rings. The highest BCUT2D eigenvalue weighted by Gasteiger charge is 2.09. The predicted molar refractivity (Wildman–Crippen MR) is 79.5 cm³/mol. The summed E-state index contributed by atoms with van der Waals surface area (Å²) < 4.78 is 2.24. The molecule has 2 heterocycles. The number of hydrogen-bond acceptors (Lipinski definition) is 4. The van der Waals surface area contributed by atoms with Gasteiger partial charge in [0.25, 0.3) is 0 Å². The molecule has 0 amide bonds. The molecule has 0 saturated carbocycles. The Morgan fingerprint density at radius 3 is 2.79 bits per heavy atom. The lowest BCUT2D eigenvalue weighted by Gasteiger charge is -2.11. The van der Waals surface area contributed by atoms with Gasteiger partial charge in [0.1, 0.15) is 10.8 Å². The molecule has 0 radical (unpaired) electrons. The van der Waals surface area contributed by atoms with Gasteiger partial charge in [-0.3, -0.25) is 0 Å². The van der Waals surface area contributed by atoms with Crippen molar-refractivity contribution in [2.24, 2.45) is 5.92 Å². The lowest BCUT2D eigenvalue weighted by molar-refractivity contribution is 0.537. The van der Waals surface area contributed by atoms with Gasteiger partial charge in [0, 0.05) is 23.8 Å². The summed E-state index contributed by atoms with van der Waals surface area (Å²) in [5, 5.41) is 6.71. The molecule has 0 unspecified atom stereocenters. The number of imidazole rings is 1. The first kappa shape index (κ1) is 14.2. The van der Waals surface area contributed by atoms with Crippen molar-refractivity contribution in [2.45, 2.75) is 40.8 Å². The Kier molecular flexibility index (Phi) is 4.71. The van der Waals surface area contributed by atoms with Gasteiger partial charge in [0.2, 0.25) is 0 Å². The van der Waals surface area contributed by atoms with E-state index >= 15 is 0 Å². The van der Waals surface area contributed by atoms with E-state index in [1.54, 1.807) is 11.3 Å². The minimum Gasteiger partial charge on any atom is -0.324 e. The standard InChI is InChI=1S/C14H22N4S/c1-10(2)5-15-6-13-7-16-12(4)18(13)8-14-17-11(3)9-19-14/h7,9-10,15H,5-6,8H2,1-4H3. The Morgan fingerprint density at radius 2 is 2.16 bits per heavy atom. The number of rotatable bonds is 6. The fourth-order valence-corrected chi connectivity index (χ4v) is 2.73. The molecule has 104 valence electrons. The Morgan fingerprint density at radius 1 is 1.37 bits per heavy atom. The van der Waals surface area contributed by atoms with Crippen LogP contribution < -0.4 is 5.32 Å². The third-order valence-electron chi connectivity index (χ3n) is 2.96. The molecular formula is C14H22N4S. The molecule has 0 fully saturated rings. The van der Waals surface area contributed by atoms with E-state index < -0.39 is 0 Å². The molecular weight excluding hydrogens is 256 g/mol. The van der Waals surface area contributed by atoms with Gasteiger partial charge in [-0.15, -0.1) is 11.3 Å². The van der Waals surface area contributed by atoms with Crippen LogP contribution in [-0.4, -0.2) is 21.1 Å². The van der Waals surface area contributed by atoms with Crippen LogP contribution in [0.4, 0.5) is 0 Å². The summed E-state index contributed by atoms with van der Waals surface area (Å²) in [4.78, 5) is 8.94. The second kappa shape index (κ2) is 6.30. The third-order valence-corrected chi connectivity index (χ3v) is 3.91. The first-order valence-electron chi connectivity index (χ1n) is 6.69. The highest BCUT2D eigenvalue weighted by Crippen LogP contribution is 2.14. The maximum Gasteiger partial charge on any atom is 0.113 e. The molecule has 1 N–H and O–H groups in total. The van der Waals surface area contributed by atoms with Crippen molar-refractivity contribution >= 4 is 11.3 Å². The summed E-state index contributed by atoms with van der Waals surface area (Å²) in [6.45, 7) is 11.2. The van der Waals surface area contributed by atoms with Crippen molar-refractivity contribution < 1.29 is 0 Å². The normalized spacial score (nSPS) is 11.4. The molecule has 0 atom stereocenters. The fourth-order valence-electron chi connectivity index (χ4n) is 1.97. The quantitative estimate of drug-likeness (QED) is 0.883. The summed E-state index contributed by atoms with van der Waals surface area (Å²) in [6, 6.07) is 0. The topological polar surface area (TPSA) is 42.7 Å². The van der Waals surface area contributed by atoms with Gasteiger partial charge >= 0.3 is 0 Å². The maximum atomic E-state index is 4.53. The van der Waals surface area contributed by atoms with E-state index in [1.807, 2.05) is 20.0 Å². The molecule has 2 aromatic heterocycles. The van der Waals surface area contributed by atoms with Crippen molar-refractivity contribution in [1.29, 1.82) is 0 Å². The molecule has 0 aromatic carbocycles. The SMILES string of the molecule is Cc1csc(Cn2c(CNCC(C)C)cnc2C)n1. The minimum atomic E-state index is 0.666. The summed E-state index contributed by atoms with van der Waals surface area (Å²) in [7, 11) is 0. The van der Waals surface area contributed by atoms with Crippen LogP contribution in [0.25, 0.3) is 0 Å². The second-order valence-electron chi connectivity index (χ2n) is 5.29. The number of nitrogens with zero attached hydrogens (tertiary/aromatic N) is 3. The van der Waals surface area contributed by atoms with Gasteiger partial charge in [-0.25, -0.2) is 9.97 Å². The first-order chi connectivity index (χ1) is 9.06. The first-order valence-corrected chi connectivity index (χ1v) is 7.57. The number of nitrogens with one attached hydrogen (secondary N) is 1. The smallest absolute Gasteiger partial charge is 0.113 e. The predicted octanol–water partition coefficient (Wildman–Crippen LogP) is 2.75. The van der Waals surface area contributed by atoms with Crippen molar-refractivity contribution in [1.82, 2.24) is 19.9 Å². The molecule has 2 rings (SSSR count). The lowest BCUT2D eigenvalue weighted by atomic mass is 10.2. The van der Waals surface area contributed by atoms with E-state index in [1.165, 1.54) is 5.69 Å². The van der Waals surface area contributed by atoms with E-state index in [0.717, 1.165) is 36.2 Å². The van der Waals surface area contributed by atoms with Gasteiger partial charge in [-0.1, -0.05) is 13.8 Å². The van der Waals surface area contributed by atoms with Gasteiger partial charge in [0.15, 0.2) is 0 Å². The van der Waals surface area contributed by atoms with E-state index in [-0.39, 0.29) is 0 Å². The van der Waals surface area contributed by atoms with Crippen LogP contribution >= 0.6 is 11.3 Å². The molecule has 5 heteroatoms. The molecule has 19 heavy (non-hydrogen) atoms. The maximum absolute atomic E-state index is 4.53. The largest absolute Gasteiger partial charge is 0.324 e. The van der Waals surface area contributed by atoms with Crippen LogP contribution in [-0.2, 0) is 13.1 Å². The summed E-state index contributed by atoms with van der Waals surface area (Å²) in [5.41, 5.74) is 2.32. The average Bonchev–Trinajstić information content (AvgIpc) is 2.89. The zero-order valence-electron chi connectivity index (χ0n) is 12.1. The Labute approximate surface area is 118 Å². The molecule has 0 spiro atoms. The van der Waals surface area contributed by atoms with Gasteiger partial charge in [-0.2, -0.15) is 0 Å². The number of aryl methyl sites for hydroxylation is 2. The summed E-state index contributed by atoms with van der Waals surface area (Å²) in [6.07, 6.45) is 1.96. The molecule has 0 aliphatic heterocycles. The van der Waals surface area contributed by atoms with Crippen molar-refractivity contribution in [3.63, 3.8) is 0 Å². The van der Waals surface area contributed by atoms with Gasteiger partial charge < -0.3 is 9.88 Å². The van der Waals surface area contributed by atoms with Crippen LogP contribution in [0, 0.1) is 19.8 Å². The van der Waals surface area contributed by atoms with Gasteiger partial charge in [0.05, 0.1) is 12.2 Å². The molecule has 4 nitrogen and oxygen atoms in total. The van der Waals surface area contributed by atoms with Crippen LogP contribution in [0.1, 0.15) is 36.1 Å². The summed E-state index contributed by atoms with van der Waals surface area (Å²) >= 11 is 1.71. The van der Waals surface area contributed by atoms with E-state index in [0.29, 0.717) is 5.92 Å². The van der Waals surface area contributed by atoms with Crippen LogP contribution in [0.5, 0.6) is 0 Å². The zero-order valence-corrected chi connectivity index (χ0v) is 12.9. The molecule has 0 bridgehead atoms. The molecule has 0 saturated heterocycles. The zero-order chi connectivity index (χ0) is 13.8. The van der Waals surface area contributed by atoms with Gasteiger partial charge in [-0.05, 0) is 26.3 Å². The van der Waals surface area contributed by atoms with E-state index in [2.05, 4.69) is 39.1 Å². The van der Waals surface area contributed by atoms with E-state index in [9.17, 15) is 0 Å². The van der Waals surface area contributed by atoms with Crippen molar-refractivity contribution in [2.75, 3.05) is 6.54 Å². The summed E-state index contributed by atoms with van der Waals surface area (Å²) in [5.74, 6) is 1.72. The number of hydrogen-bond donors (Lipinski definition) is 1. The van der Waals surface area contributed by atoms with Crippen LogP contribution in [0.2, 0.25) is 0 Å². The van der Waals surface area contributed by atoms with Crippen LogP contribution in [0.3, 0.4) is 0 Å².